The van der Waals surface area contributed by atoms with E-state index in [-0.39, 0.29) is 6.04 Å². The van der Waals surface area contributed by atoms with E-state index in [4.69, 9.17) is 4.42 Å². The van der Waals surface area contributed by atoms with Crippen molar-refractivity contribution in [1.82, 2.24) is 5.32 Å². The van der Waals surface area contributed by atoms with E-state index in [0.29, 0.717) is 0 Å². The number of hydrogen-bond donors (Lipinski definition) is 1. The van der Waals surface area contributed by atoms with E-state index in [9.17, 15) is 0 Å². The van der Waals surface area contributed by atoms with Crippen molar-refractivity contribution in [3.8, 4) is 0 Å². The number of fused-ring (bicyclic) bond motifs is 1. The largest absolute Gasteiger partial charge is 0.459 e. The molecule has 1 unspecified atom stereocenters. The summed E-state index contributed by atoms with van der Waals surface area (Å²) in [7, 11) is 0. The summed E-state index contributed by atoms with van der Waals surface area (Å²) in [4.78, 5) is 0. The Morgan fingerprint density at radius 1 is 1.35 bits per heavy atom. The minimum atomic E-state index is 0.131. The zero-order valence-electron chi connectivity index (χ0n) is 11.4. The Balaban J connectivity index is 2.07. The van der Waals surface area contributed by atoms with Crippen molar-refractivity contribution in [2.24, 2.45) is 0 Å². The monoisotopic (exact) mass is 397 g/mol. The van der Waals surface area contributed by atoms with Crippen LogP contribution in [0.3, 0.4) is 0 Å². The second-order valence-electron chi connectivity index (χ2n) is 4.82. The van der Waals surface area contributed by atoms with Gasteiger partial charge in [-0.2, -0.15) is 0 Å². The van der Waals surface area contributed by atoms with Crippen molar-refractivity contribution in [2.75, 3.05) is 6.54 Å². The molecular formula is C16H16INOS. The van der Waals surface area contributed by atoms with Crippen LogP contribution in [0.25, 0.3) is 11.0 Å². The van der Waals surface area contributed by atoms with Crippen LogP contribution in [0.5, 0.6) is 0 Å². The van der Waals surface area contributed by atoms with Gasteiger partial charge in [-0.3, -0.25) is 0 Å². The number of para-hydroxylation sites is 1. The van der Waals surface area contributed by atoms with Gasteiger partial charge in [-0.25, -0.2) is 0 Å². The summed E-state index contributed by atoms with van der Waals surface area (Å²) < 4.78 is 7.42. The number of benzene rings is 1. The zero-order valence-corrected chi connectivity index (χ0v) is 14.4. The molecule has 2 nitrogen and oxygen atoms in total. The fraction of sp³-hybridized carbons (Fsp3) is 0.250. The number of halogens is 1. The van der Waals surface area contributed by atoms with Gasteiger partial charge in [0.2, 0.25) is 0 Å². The predicted molar refractivity (Wildman–Crippen MR) is 93.5 cm³/mol. The van der Waals surface area contributed by atoms with Crippen LogP contribution in [0.15, 0.2) is 40.1 Å². The molecule has 3 rings (SSSR count). The highest BCUT2D eigenvalue weighted by atomic mass is 127. The van der Waals surface area contributed by atoms with Gasteiger partial charge in [0, 0.05) is 5.39 Å². The number of aryl methyl sites for hydroxylation is 1. The highest BCUT2D eigenvalue weighted by Crippen LogP contribution is 2.32. The maximum atomic E-state index is 6.12. The summed E-state index contributed by atoms with van der Waals surface area (Å²) in [6, 6.07) is 10.8. The average molecular weight is 397 g/mol. The molecule has 0 aliphatic carbocycles. The van der Waals surface area contributed by atoms with E-state index in [0.717, 1.165) is 17.9 Å². The number of furan rings is 1. The molecule has 2 aromatic heterocycles. The van der Waals surface area contributed by atoms with E-state index in [2.05, 4.69) is 77.5 Å². The highest BCUT2D eigenvalue weighted by molar-refractivity contribution is 14.1. The fourth-order valence-corrected chi connectivity index (χ4v) is 3.83. The van der Waals surface area contributed by atoms with E-state index in [1.54, 1.807) is 11.3 Å². The zero-order chi connectivity index (χ0) is 14.1. The van der Waals surface area contributed by atoms with Crippen LogP contribution in [0.1, 0.15) is 29.9 Å². The molecule has 0 radical (unpaired) electrons. The fourth-order valence-electron chi connectivity index (χ4n) is 2.43. The lowest BCUT2D eigenvalue weighted by Crippen LogP contribution is -2.20. The topological polar surface area (TPSA) is 25.2 Å². The van der Waals surface area contributed by atoms with Crippen LogP contribution in [0, 0.1) is 9.81 Å². The number of rotatable bonds is 4. The lowest BCUT2D eigenvalue weighted by Gasteiger charge is -2.13. The van der Waals surface area contributed by atoms with Crippen molar-refractivity contribution in [1.29, 1.82) is 0 Å². The summed E-state index contributed by atoms with van der Waals surface area (Å²) in [6.07, 6.45) is 0. The summed E-state index contributed by atoms with van der Waals surface area (Å²) in [5.41, 5.74) is 3.46. The first-order chi connectivity index (χ1) is 9.69. The van der Waals surface area contributed by atoms with Crippen molar-refractivity contribution >= 4 is 44.9 Å². The molecule has 104 valence electrons. The standard InChI is InChI=1S/C16H16INOS/c1-3-18-15(12-8-14(17)20-9-12)13-7-11-6-4-5-10(2)16(11)19-13/h4-9,15,18H,3H2,1-2H3. The first kappa shape index (κ1) is 14.1. The molecule has 1 N–H and O–H groups in total. The van der Waals surface area contributed by atoms with Crippen molar-refractivity contribution in [2.45, 2.75) is 19.9 Å². The Morgan fingerprint density at radius 3 is 2.85 bits per heavy atom. The third kappa shape index (κ3) is 2.64. The Bertz CT molecular complexity index is 731. The van der Waals surface area contributed by atoms with Gasteiger partial charge in [-0.05, 0) is 64.7 Å². The van der Waals surface area contributed by atoms with Gasteiger partial charge >= 0.3 is 0 Å². The van der Waals surface area contributed by atoms with Crippen molar-refractivity contribution in [3.05, 3.63) is 55.5 Å². The lowest BCUT2D eigenvalue weighted by atomic mass is 10.1. The second kappa shape index (κ2) is 5.87. The second-order valence-corrected chi connectivity index (χ2v) is 7.62. The maximum absolute atomic E-state index is 6.12. The minimum Gasteiger partial charge on any atom is -0.459 e. The molecule has 0 aliphatic rings. The van der Waals surface area contributed by atoms with Crippen molar-refractivity contribution in [3.63, 3.8) is 0 Å². The van der Waals surface area contributed by atoms with Gasteiger partial charge < -0.3 is 9.73 Å². The molecule has 0 saturated carbocycles. The van der Waals surface area contributed by atoms with Gasteiger partial charge in [-0.1, -0.05) is 25.1 Å². The molecular weight excluding hydrogens is 381 g/mol. The quantitative estimate of drug-likeness (QED) is 0.620. The van der Waals surface area contributed by atoms with Crippen LogP contribution in [-0.2, 0) is 0 Å². The summed E-state index contributed by atoms with van der Waals surface area (Å²) in [6.45, 7) is 5.12. The Hall–Kier alpha value is -0.850. The summed E-state index contributed by atoms with van der Waals surface area (Å²) in [5.74, 6) is 0.991. The first-order valence-corrected chi connectivity index (χ1v) is 8.61. The van der Waals surface area contributed by atoms with E-state index in [1.807, 2.05) is 0 Å². The molecule has 1 aromatic carbocycles. The molecule has 1 atom stereocenters. The Morgan fingerprint density at radius 2 is 2.20 bits per heavy atom. The van der Waals surface area contributed by atoms with Crippen LogP contribution < -0.4 is 5.32 Å². The van der Waals surface area contributed by atoms with Crippen LogP contribution in [0.4, 0.5) is 0 Å². The smallest absolute Gasteiger partial charge is 0.137 e. The first-order valence-electron chi connectivity index (χ1n) is 6.65. The third-order valence-electron chi connectivity index (χ3n) is 3.37. The predicted octanol–water partition coefficient (Wildman–Crippen LogP) is 5.11. The molecule has 0 fully saturated rings. The summed E-state index contributed by atoms with van der Waals surface area (Å²) >= 11 is 4.13. The highest BCUT2D eigenvalue weighted by Gasteiger charge is 2.19. The van der Waals surface area contributed by atoms with Crippen LogP contribution >= 0.6 is 33.9 Å². The molecule has 4 heteroatoms. The van der Waals surface area contributed by atoms with E-state index < -0.39 is 0 Å². The average Bonchev–Trinajstić information content (AvgIpc) is 3.03. The number of nitrogens with one attached hydrogen (secondary N) is 1. The third-order valence-corrected chi connectivity index (χ3v) is 5.18. The molecule has 20 heavy (non-hydrogen) atoms. The van der Waals surface area contributed by atoms with Gasteiger partial charge in [-0.15, -0.1) is 11.3 Å². The SMILES string of the molecule is CCNC(c1csc(I)c1)c1cc2cccc(C)c2o1. The van der Waals surface area contributed by atoms with Gasteiger partial charge in [0.1, 0.15) is 11.3 Å². The van der Waals surface area contributed by atoms with Crippen LogP contribution in [-0.4, -0.2) is 6.54 Å². The Labute approximate surface area is 136 Å². The van der Waals surface area contributed by atoms with Gasteiger partial charge in [0.15, 0.2) is 0 Å². The number of hydrogen-bond acceptors (Lipinski definition) is 3. The minimum absolute atomic E-state index is 0.131. The van der Waals surface area contributed by atoms with Gasteiger partial charge in [0.05, 0.1) is 8.93 Å². The molecule has 0 saturated heterocycles. The molecule has 0 aliphatic heterocycles. The molecule has 0 amide bonds. The maximum Gasteiger partial charge on any atom is 0.137 e. The van der Waals surface area contributed by atoms with E-state index in [1.165, 1.54) is 19.4 Å². The van der Waals surface area contributed by atoms with E-state index >= 15 is 0 Å². The molecule has 2 heterocycles. The molecule has 3 aromatic rings. The molecule has 0 spiro atoms. The normalized spacial score (nSPS) is 12.9. The van der Waals surface area contributed by atoms with Crippen LogP contribution in [0.2, 0.25) is 0 Å². The van der Waals surface area contributed by atoms with Crippen molar-refractivity contribution < 1.29 is 4.42 Å². The Kier molecular flexibility index (Phi) is 4.14. The number of thiophene rings is 1. The van der Waals surface area contributed by atoms with Gasteiger partial charge in [0.25, 0.3) is 0 Å². The lowest BCUT2D eigenvalue weighted by molar-refractivity contribution is 0.477. The summed E-state index contributed by atoms with van der Waals surface area (Å²) in [5, 5.41) is 6.90. The molecule has 0 bridgehead atoms.